The fraction of sp³-hybridized carbons (Fsp3) is 0.0833. The van der Waals surface area contributed by atoms with E-state index in [2.05, 4.69) is 21.2 Å². The molecule has 0 aliphatic carbocycles. The molecule has 0 bridgehead atoms. The van der Waals surface area contributed by atoms with Crippen molar-refractivity contribution in [2.75, 3.05) is 5.32 Å². The number of benzene rings is 1. The molecule has 2 aromatic rings. The van der Waals surface area contributed by atoms with Crippen molar-refractivity contribution in [3.05, 3.63) is 52.4 Å². The SMILES string of the molecule is O=C(O)c1cccc(NCc2occc2Br)c1. The van der Waals surface area contributed by atoms with E-state index in [1.165, 1.54) is 0 Å². The summed E-state index contributed by atoms with van der Waals surface area (Å²) in [5, 5.41) is 11.9. The average molecular weight is 296 g/mol. The lowest BCUT2D eigenvalue weighted by Crippen LogP contribution is -2.01. The summed E-state index contributed by atoms with van der Waals surface area (Å²) in [5.41, 5.74) is 1.00. The predicted octanol–water partition coefficient (Wildman–Crippen LogP) is 3.35. The van der Waals surface area contributed by atoms with E-state index < -0.39 is 5.97 Å². The number of anilines is 1. The molecule has 2 rings (SSSR count). The molecule has 4 nitrogen and oxygen atoms in total. The van der Waals surface area contributed by atoms with Crippen LogP contribution in [0.3, 0.4) is 0 Å². The van der Waals surface area contributed by atoms with E-state index in [9.17, 15) is 4.79 Å². The lowest BCUT2D eigenvalue weighted by atomic mass is 10.2. The maximum absolute atomic E-state index is 10.8. The Labute approximate surface area is 106 Å². The smallest absolute Gasteiger partial charge is 0.335 e. The summed E-state index contributed by atoms with van der Waals surface area (Å²) in [5.74, 6) is -0.168. The zero-order chi connectivity index (χ0) is 12.3. The van der Waals surface area contributed by atoms with Crippen molar-refractivity contribution in [1.82, 2.24) is 0 Å². The Kier molecular flexibility index (Phi) is 3.49. The number of hydrogen-bond donors (Lipinski definition) is 2. The Morgan fingerprint density at radius 3 is 2.88 bits per heavy atom. The van der Waals surface area contributed by atoms with Crippen LogP contribution in [0.15, 0.2) is 45.5 Å². The minimum absolute atomic E-state index is 0.258. The van der Waals surface area contributed by atoms with Gasteiger partial charge in [0.1, 0.15) is 5.76 Å². The number of rotatable bonds is 4. The third-order valence-corrected chi connectivity index (χ3v) is 2.96. The standard InChI is InChI=1S/C12H10BrNO3/c13-10-4-5-17-11(10)7-14-9-3-1-2-8(6-9)12(15)16/h1-6,14H,7H2,(H,15,16). The van der Waals surface area contributed by atoms with Crippen LogP contribution in [0.25, 0.3) is 0 Å². The number of carbonyl (C=O) groups is 1. The van der Waals surface area contributed by atoms with Gasteiger partial charge in [0.05, 0.1) is 22.8 Å². The summed E-state index contributed by atoms with van der Waals surface area (Å²) in [6.45, 7) is 0.497. The highest BCUT2D eigenvalue weighted by Gasteiger charge is 2.05. The molecule has 0 radical (unpaired) electrons. The summed E-state index contributed by atoms with van der Waals surface area (Å²) in [7, 11) is 0. The molecule has 0 saturated heterocycles. The summed E-state index contributed by atoms with van der Waals surface area (Å²) in [4.78, 5) is 10.8. The molecule has 5 heteroatoms. The second kappa shape index (κ2) is 5.05. The van der Waals surface area contributed by atoms with Crippen molar-refractivity contribution in [2.45, 2.75) is 6.54 Å². The van der Waals surface area contributed by atoms with Crippen molar-refractivity contribution in [1.29, 1.82) is 0 Å². The normalized spacial score (nSPS) is 10.2. The number of halogens is 1. The van der Waals surface area contributed by atoms with E-state index in [1.807, 2.05) is 12.1 Å². The summed E-state index contributed by atoms with van der Waals surface area (Å²) < 4.78 is 6.13. The molecule has 0 atom stereocenters. The van der Waals surface area contributed by atoms with Gasteiger partial charge in [-0.05, 0) is 40.2 Å². The highest BCUT2D eigenvalue weighted by atomic mass is 79.9. The van der Waals surface area contributed by atoms with E-state index >= 15 is 0 Å². The van der Waals surface area contributed by atoms with Gasteiger partial charge in [-0.15, -0.1) is 0 Å². The van der Waals surface area contributed by atoms with Crippen LogP contribution in [-0.2, 0) is 6.54 Å². The number of carboxylic acid groups (broad SMARTS) is 1. The van der Waals surface area contributed by atoms with Crippen molar-refractivity contribution >= 4 is 27.6 Å². The van der Waals surface area contributed by atoms with E-state index in [0.717, 1.165) is 15.9 Å². The molecule has 0 saturated carbocycles. The van der Waals surface area contributed by atoms with Gasteiger partial charge in [-0.1, -0.05) is 6.07 Å². The van der Waals surface area contributed by atoms with E-state index in [-0.39, 0.29) is 5.56 Å². The second-order valence-electron chi connectivity index (χ2n) is 3.43. The van der Waals surface area contributed by atoms with E-state index in [1.54, 1.807) is 24.5 Å². The first-order chi connectivity index (χ1) is 8.16. The van der Waals surface area contributed by atoms with Crippen LogP contribution in [0.1, 0.15) is 16.1 Å². The molecule has 0 fully saturated rings. The number of nitrogens with one attached hydrogen (secondary N) is 1. The third kappa shape index (κ3) is 2.88. The number of aromatic carboxylic acids is 1. The fourth-order valence-corrected chi connectivity index (χ4v) is 1.74. The summed E-state index contributed by atoms with van der Waals surface area (Å²) in [6.07, 6.45) is 1.59. The quantitative estimate of drug-likeness (QED) is 0.908. The lowest BCUT2D eigenvalue weighted by molar-refractivity contribution is 0.0697. The zero-order valence-corrected chi connectivity index (χ0v) is 10.4. The molecule has 0 unspecified atom stereocenters. The fourth-order valence-electron chi connectivity index (χ4n) is 1.40. The number of carboxylic acids is 1. The van der Waals surface area contributed by atoms with Crippen LogP contribution >= 0.6 is 15.9 Å². The first kappa shape index (κ1) is 11.7. The molecule has 0 spiro atoms. The predicted molar refractivity (Wildman–Crippen MR) is 67.1 cm³/mol. The molecule has 0 aliphatic heterocycles. The van der Waals surface area contributed by atoms with Gasteiger partial charge in [0, 0.05) is 5.69 Å². The van der Waals surface area contributed by atoms with Gasteiger partial charge in [0.25, 0.3) is 0 Å². The maximum Gasteiger partial charge on any atom is 0.335 e. The molecule has 0 aliphatic rings. The Morgan fingerprint density at radius 1 is 1.41 bits per heavy atom. The van der Waals surface area contributed by atoms with Crippen molar-refractivity contribution in [2.24, 2.45) is 0 Å². The molecule has 2 N–H and O–H groups in total. The third-order valence-electron chi connectivity index (χ3n) is 2.25. The van der Waals surface area contributed by atoms with Crippen molar-refractivity contribution in [3.63, 3.8) is 0 Å². The largest absolute Gasteiger partial charge is 0.478 e. The van der Waals surface area contributed by atoms with Gasteiger partial charge in [-0.25, -0.2) is 4.79 Å². The summed E-state index contributed by atoms with van der Waals surface area (Å²) in [6, 6.07) is 8.45. The Hall–Kier alpha value is -1.75. The molecular weight excluding hydrogens is 286 g/mol. The minimum atomic E-state index is -0.937. The molecule has 1 aromatic heterocycles. The van der Waals surface area contributed by atoms with Gasteiger partial charge in [0.15, 0.2) is 0 Å². The molecule has 0 amide bonds. The van der Waals surface area contributed by atoms with Crippen molar-refractivity contribution < 1.29 is 14.3 Å². The number of hydrogen-bond acceptors (Lipinski definition) is 3. The van der Waals surface area contributed by atoms with Crippen LogP contribution in [0.5, 0.6) is 0 Å². The zero-order valence-electron chi connectivity index (χ0n) is 8.81. The van der Waals surface area contributed by atoms with Crippen LogP contribution in [-0.4, -0.2) is 11.1 Å². The number of furan rings is 1. The molecule has 17 heavy (non-hydrogen) atoms. The van der Waals surface area contributed by atoms with E-state index in [4.69, 9.17) is 9.52 Å². The molecular formula is C12H10BrNO3. The molecule has 1 heterocycles. The van der Waals surface area contributed by atoms with Crippen LogP contribution in [0, 0.1) is 0 Å². The lowest BCUT2D eigenvalue weighted by Gasteiger charge is -2.05. The van der Waals surface area contributed by atoms with Gasteiger partial charge >= 0.3 is 5.97 Å². The first-order valence-corrected chi connectivity index (χ1v) is 5.75. The average Bonchev–Trinajstić information content (AvgIpc) is 2.72. The highest BCUT2D eigenvalue weighted by Crippen LogP contribution is 2.19. The molecule has 88 valence electrons. The van der Waals surface area contributed by atoms with Gasteiger partial charge < -0.3 is 14.8 Å². The highest BCUT2D eigenvalue weighted by molar-refractivity contribution is 9.10. The topological polar surface area (TPSA) is 62.5 Å². The minimum Gasteiger partial charge on any atom is -0.478 e. The Balaban J connectivity index is 2.07. The Morgan fingerprint density at radius 2 is 2.24 bits per heavy atom. The van der Waals surface area contributed by atoms with Crippen LogP contribution in [0.2, 0.25) is 0 Å². The molecule has 1 aromatic carbocycles. The first-order valence-electron chi connectivity index (χ1n) is 4.96. The Bertz CT molecular complexity index is 536. The van der Waals surface area contributed by atoms with Crippen molar-refractivity contribution in [3.8, 4) is 0 Å². The van der Waals surface area contributed by atoms with Crippen LogP contribution < -0.4 is 5.32 Å². The second-order valence-corrected chi connectivity index (χ2v) is 4.29. The van der Waals surface area contributed by atoms with Gasteiger partial charge in [-0.3, -0.25) is 0 Å². The maximum atomic E-state index is 10.8. The monoisotopic (exact) mass is 295 g/mol. The van der Waals surface area contributed by atoms with Crippen LogP contribution in [0.4, 0.5) is 5.69 Å². The van der Waals surface area contributed by atoms with Gasteiger partial charge in [-0.2, -0.15) is 0 Å². The van der Waals surface area contributed by atoms with E-state index in [0.29, 0.717) is 6.54 Å². The van der Waals surface area contributed by atoms with Gasteiger partial charge in [0.2, 0.25) is 0 Å². The summed E-state index contributed by atoms with van der Waals surface area (Å²) >= 11 is 3.35.